The average Bonchev–Trinajstić information content (AvgIpc) is 3.13. The van der Waals surface area contributed by atoms with E-state index in [-0.39, 0.29) is 6.42 Å². The summed E-state index contributed by atoms with van der Waals surface area (Å²) in [7, 11) is 0. The fourth-order valence-electron chi connectivity index (χ4n) is 3.73. The van der Waals surface area contributed by atoms with Crippen molar-refractivity contribution < 1.29 is 48.0 Å². The number of halogens is 4. The van der Waals surface area contributed by atoms with Crippen LogP contribution in [0.2, 0.25) is 5.02 Å². The number of anilines is 1. The SMILES string of the molecule is C[C@@H](NC(=O)Cc1ccc(CNc2c(Cl)ccc3c2CCNCC3)cc1)C(F)(F)F.O=C(O)[C@H](O)[C@@H](O)C(=O)O. The number of carboxylic acid groups (broad SMARTS) is 2. The first kappa shape index (κ1) is 32.8. The Morgan fingerprint density at radius 3 is 2.05 bits per heavy atom. The normalized spacial score (nSPS) is 15.3. The summed E-state index contributed by atoms with van der Waals surface area (Å²) >= 11 is 6.43. The Morgan fingerprint density at radius 2 is 1.50 bits per heavy atom. The van der Waals surface area contributed by atoms with Gasteiger partial charge in [0.1, 0.15) is 6.04 Å². The molecule has 0 radical (unpaired) electrons. The Labute approximate surface area is 233 Å². The molecule has 10 nitrogen and oxygen atoms in total. The highest BCUT2D eigenvalue weighted by Crippen LogP contribution is 2.31. The third-order valence-corrected chi connectivity index (χ3v) is 6.33. The number of benzene rings is 2. The number of carboxylic acids is 2. The summed E-state index contributed by atoms with van der Waals surface area (Å²) in [6, 6.07) is 9.36. The van der Waals surface area contributed by atoms with Gasteiger partial charge in [-0.1, -0.05) is 41.9 Å². The van der Waals surface area contributed by atoms with Crippen molar-refractivity contribution in [2.45, 2.75) is 57.2 Å². The first-order valence-corrected chi connectivity index (χ1v) is 12.6. The van der Waals surface area contributed by atoms with Gasteiger partial charge in [0.05, 0.1) is 17.1 Å². The van der Waals surface area contributed by atoms with Crippen LogP contribution in [0.1, 0.15) is 29.2 Å². The molecule has 2 aromatic carbocycles. The number of alkyl halides is 3. The number of aliphatic hydroxyl groups is 2. The van der Waals surface area contributed by atoms with E-state index in [9.17, 15) is 27.6 Å². The molecule has 3 atom stereocenters. The lowest BCUT2D eigenvalue weighted by Crippen LogP contribution is -2.43. The number of carbonyl (C=O) groups excluding carboxylic acids is 1. The molecule has 0 bridgehead atoms. The van der Waals surface area contributed by atoms with Crippen LogP contribution in [0, 0.1) is 0 Å². The van der Waals surface area contributed by atoms with E-state index in [0.717, 1.165) is 44.1 Å². The second kappa shape index (κ2) is 14.8. The average molecular weight is 590 g/mol. The van der Waals surface area contributed by atoms with E-state index < -0.39 is 42.3 Å². The van der Waals surface area contributed by atoms with Crippen LogP contribution in [0.4, 0.5) is 18.9 Å². The maximum absolute atomic E-state index is 12.5. The van der Waals surface area contributed by atoms with Crippen LogP contribution in [0.5, 0.6) is 0 Å². The number of hydrogen-bond acceptors (Lipinski definition) is 7. The molecular formula is C26H31ClF3N3O7. The van der Waals surface area contributed by atoms with Crippen molar-refractivity contribution in [1.82, 2.24) is 10.6 Å². The van der Waals surface area contributed by atoms with Crippen LogP contribution >= 0.6 is 11.6 Å². The number of aliphatic carboxylic acids is 2. The summed E-state index contributed by atoms with van der Waals surface area (Å²) in [6.45, 7) is 3.34. The Hall–Kier alpha value is -3.39. The van der Waals surface area contributed by atoms with Crippen LogP contribution in [-0.4, -0.2) is 75.8 Å². The smallest absolute Gasteiger partial charge is 0.408 e. The number of nitrogens with one attached hydrogen (secondary N) is 3. The second-order valence-corrected chi connectivity index (χ2v) is 9.46. The summed E-state index contributed by atoms with van der Waals surface area (Å²) in [5.74, 6) is -4.19. The predicted octanol–water partition coefficient (Wildman–Crippen LogP) is 2.13. The predicted molar refractivity (Wildman–Crippen MR) is 140 cm³/mol. The molecule has 220 valence electrons. The fraction of sp³-hybridized carbons (Fsp3) is 0.423. The van der Waals surface area contributed by atoms with Crippen molar-refractivity contribution in [2.24, 2.45) is 0 Å². The van der Waals surface area contributed by atoms with E-state index in [1.165, 1.54) is 11.1 Å². The highest BCUT2D eigenvalue weighted by molar-refractivity contribution is 6.33. The zero-order chi connectivity index (χ0) is 30.0. The third-order valence-electron chi connectivity index (χ3n) is 6.01. The van der Waals surface area contributed by atoms with E-state index in [0.29, 0.717) is 17.1 Å². The Morgan fingerprint density at radius 1 is 0.950 bits per heavy atom. The molecule has 40 heavy (non-hydrogen) atoms. The minimum absolute atomic E-state index is 0.0981. The van der Waals surface area contributed by atoms with Gasteiger partial charge in [-0.15, -0.1) is 0 Å². The van der Waals surface area contributed by atoms with Gasteiger partial charge in [0.2, 0.25) is 5.91 Å². The maximum atomic E-state index is 12.5. The first-order valence-electron chi connectivity index (χ1n) is 12.2. The van der Waals surface area contributed by atoms with Gasteiger partial charge in [-0.3, -0.25) is 4.79 Å². The largest absolute Gasteiger partial charge is 0.479 e. The van der Waals surface area contributed by atoms with E-state index in [1.54, 1.807) is 12.1 Å². The van der Waals surface area contributed by atoms with E-state index >= 15 is 0 Å². The molecule has 0 aromatic heterocycles. The van der Waals surface area contributed by atoms with Gasteiger partial charge < -0.3 is 36.4 Å². The molecular weight excluding hydrogens is 559 g/mol. The molecule has 3 rings (SSSR count). The van der Waals surface area contributed by atoms with Gasteiger partial charge in [-0.05, 0) is 61.2 Å². The summed E-state index contributed by atoms with van der Waals surface area (Å²) in [4.78, 5) is 31.4. The van der Waals surface area contributed by atoms with E-state index in [2.05, 4.69) is 16.7 Å². The molecule has 0 saturated carbocycles. The maximum Gasteiger partial charge on any atom is 0.408 e. The molecule has 1 heterocycles. The number of hydrogen-bond donors (Lipinski definition) is 7. The first-order chi connectivity index (χ1) is 18.7. The van der Waals surface area contributed by atoms with Crippen LogP contribution in [0.3, 0.4) is 0 Å². The highest BCUT2D eigenvalue weighted by atomic mass is 35.5. The zero-order valence-electron chi connectivity index (χ0n) is 21.5. The number of carbonyl (C=O) groups is 3. The molecule has 1 aliphatic rings. The number of aliphatic hydroxyl groups excluding tert-OH is 2. The van der Waals surface area contributed by atoms with Crippen molar-refractivity contribution in [2.75, 3.05) is 18.4 Å². The Kier molecular flexibility index (Phi) is 12.2. The minimum atomic E-state index is -4.45. The summed E-state index contributed by atoms with van der Waals surface area (Å²) in [5, 5.41) is 42.0. The van der Waals surface area contributed by atoms with Gasteiger partial charge in [-0.2, -0.15) is 13.2 Å². The quantitative estimate of drug-likeness (QED) is 0.232. The van der Waals surface area contributed by atoms with Crippen molar-refractivity contribution in [3.63, 3.8) is 0 Å². The molecule has 0 unspecified atom stereocenters. The van der Waals surface area contributed by atoms with E-state index in [4.69, 9.17) is 32.0 Å². The molecule has 2 aromatic rings. The van der Waals surface area contributed by atoms with Gasteiger partial charge in [0.15, 0.2) is 12.2 Å². The molecule has 0 spiro atoms. The topological polar surface area (TPSA) is 168 Å². The molecule has 0 aliphatic carbocycles. The van der Waals surface area contributed by atoms with Crippen molar-refractivity contribution in [3.05, 3.63) is 63.7 Å². The standard InChI is InChI=1S/C22H25ClF3N3O.C4H6O6/c1-14(22(24,25)26)29-20(30)12-15-2-4-16(5-3-15)13-28-21-18-9-11-27-10-8-17(18)6-7-19(21)23;5-1(3(7)8)2(6)4(9)10/h2-7,14,27-28H,8-13H2,1H3,(H,29,30);1-2,5-6H,(H,7,8)(H,9,10)/t14-;1-,2-/m11/s1. The Balaban J connectivity index is 0.000000478. The molecule has 0 saturated heterocycles. The van der Waals surface area contributed by atoms with Gasteiger partial charge >= 0.3 is 18.1 Å². The lowest BCUT2D eigenvalue weighted by Gasteiger charge is -2.17. The van der Waals surface area contributed by atoms with Crippen LogP contribution in [0.15, 0.2) is 36.4 Å². The van der Waals surface area contributed by atoms with Crippen LogP contribution in [0.25, 0.3) is 0 Å². The van der Waals surface area contributed by atoms with Gasteiger partial charge in [0, 0.05) is 6.54 Å². The lowest BCUT2D eigenvalue weighted by molar-refractivity contribution is -0.165. The van der Waals surface area contributed by atoms with Crippen molar-refractivity contribution >= 4 is 35.1 Å². The lowest BCUT2D eigenvalue weighted by atomic mass is 10.0. The summed E-state index contributed by atoms with van der Waals surface area (Å²) < 4.78 is 37.6. The summed E-state index contributed by atoms with van der Waals surface area (Å²) in [5.41, 5.74) is 5.12. The number of amides is 1. The zero-order valence-corrected chi connectivity index (χ0v) is 22.2. The van der Waals surface area contributed by atoms with Crippen molar-refractivity contribution in [3.8, 4) is 0 Å². The summed E-state index contributed by atoms with van der Waals surface area (Å²) in [6.07, 6.45) is -7.21. The second-order valence-electron chi connectivity index (χ2n) is 9.05. The highest BCUT2D eigenvalue weighted by Gasteiger charge is 2.36. The molecule has 1 aliphatic heterocycles. The van der Waals surface area contributed by atoms with Crippen LogP contribution in [-0.2, 0) is 40.2 Å². The minimum Gasteiger partial charge on any atom is -0.479 e. The van der Waals surface area contributed by atoms with Crippen molar-refractivity contribution in [1.29, 1.82) is 0 Å². The third kappa shape index (κ3) is 9.97. The van der Waals surface area contributed by atoms with Gasteiger partial charge in [-0.25, -0.2) is 9.59 Å². The molecule has 14 heteroatoms. The van der Waals surface area contributed by atoms with Crippen LogP contribution < -0.4 is 16.0 Å². The van der Waals surface area contributed by atoms with Gasteiger partial charge in [0.25, 0.3) is 0 Å². The molecule has 7 N–H and O–H groups in total. The fourth-order valence-corrected chi connectivity index (χ4v) is 3.97. The Bertz CT molecular complexity index is 1160. The monoisotopic (exact) mass is 589 g/mol. The number of rotatable bonds is 9. The van der Waals surface area contributed by atoms with E-state index in [1.807, 2.05) is 23.5 Å². The number of fused-ring (bicyclic) bond motifs is 1. The molecule has 1 amide bonds. The molecule has 0 fully saturated rings.